The van der Waals surface area contributed by atoms with Crippen LogP contribution in [-0.4, -0.2) is 10.7 Å². The molecular formula is C49H56N4. The molecule has 0 radical (unpaired) electrons. The van der Waals surface area contributed by atoms with E-state index in [1.807, 2.05) is 49.5 Å². The van der Waals surface area contributed by atoms with Gasteiger partial charge in [-0.1, -0.05) is 130 Å². The predicted octanol–water partition coefficient (Wildman–Crippen LogP) is 12.6. The topological polar surface area (TPSA) is 66.2 Å². The van der Waals surface area contributed by atoms with Crippen molar-refractivity contribution in [2.45, 2.75) is 66.2 Å². The minimum Gasteiger partial charge on any atom is -0.401 e. The molecule has 53 heavy (non-hydrogen) atoms. The number of hydrogen-bond acceptors (Lipinski definition) is 3. The highest BCUT2D eigenvalue weighted by Gasteiger charge is 2.26. The van der Waals surface area contributed by atoms with Gasteiger partial charge in [0.05, 0.1) is 11.4 Å². The zero-order valence-corrected chi connectivity index (χ0v) is 32.1. The number of nitrogens with one attached hydrogen (secondary N) is 2. The number of aromatic amines is 1. The van der Waals surface area contributed by atoms with Crippen LogP contribution in [0.4, 0.5) is 0 Å². The van der Waals surface area contributed by atoms with E-state index in [9.17, 15) is 0 Å². The van der Waals surface area contributed by atoms with Gasteiger partial charge in [0.25, 0.3) is 0 Å². The standard InChI is InChI=1S/C49H56N4/c1-9-17-24-35(15-7)48-43-30-29-41(51-43)39(37(21-12-4)26-19-11-3)27-20-28-40(50)47(38(22-13-5)23-14-6)42-31-32-44(52-42)49(36(16-8)25-18-10-2)46-34-33-45(48)53-46/h10-19,21-26,31-34,51-52H,2-5,9,20,27-30,50H2,1,6-8H3/b23-14-,24-17-,25-18-,26-19-,35-15+,36-16+,37-21+,38-22+,41-39+,47-40-,48-43-,49-46-. The summed E-state index contributed by atoms with van der Waals surface area (Å²) in [6, 6.07) is 4.26. The van der Waals surface area contributed by atoms with Crippen LogP contribution in [0, 0.1) is 0 Å². The SMILES string of the molecule is C=C\C=C/C(=C\C)C1=C2\C=CC(=N2)C(/C(/C=C\CC)=C/C)=C2/CC\C(=C(C(/C=C\C=C)=C/C=C)\CCC\C(N)=C(C(/C=C\C)=C/C=C)\c3ccc\1[nH]3)N2. The van der Waals surface area contributed by atoms with Crippen molar-refractivity contribution < 1.29 is 0 Å². The zero-order chi connectivity index (χ0) is 38.2. The highest BCUT2D eigenvalue weighted by molar-refractivity contribution is 6.15. The fraction of sp³-hybridized carbons (Fsp3) is 0.204. The molecule has 0 saturated carbocycles. The van der Waals surface area contributed by atoms with E-state index in [-0.39, 0.29) is 0 Å². The first kappa shape index (κ1) is 39.9. The number of hydrogen-bond donors (Lipinski definition) is 3. The molecule has 4 heteroatoms. The Morgan fingerprint density at radius 3 is 2.00 bits per heavy atom. The normalized spacial score (nSPS) is 23.7. The fourth-order valence-corrected chi connectivity index (χ4v) is 6.93. The van der Waals surface area contributed by atoms with Crippen LogP contribution in [0.15, 0.2) is 209 Å². The van der Waals surface area contributed by atoms with Gasteiger partial charge in [0.15, 0.2) is 0 Å². The molecule has 0 unspecified atom stereocenters. The molecule has 3 aliphatic rings. The third kappa shape index (κ3) is 9.72. The maximum atomic E-state index is 7.12. The molecule has 1 aromatic heterocycles. The van der Waals surface area contributed by atoms with E-state index in [1.165, 1.54) is 17.0 Å². The minimum atomic E-state index is 0.698. The van der Waals surface area contributed by atoms with Gasteiger partial charge in [0.1, 0.15) is 0 Å². The van der Waals surface area contributed by atoms with Crippen molar-refractivity contribution in [1.82, 2.24) is 10.3 Å². The molecular weight excluding hydrogens is 645 g/mol. The fourth-order valence-electron chi connectivity index (χ4n) is 6.93. The Morgan fingerprint density at radius 1 is 0.717 bits per heavy atom. The first-order valence-electron chi connectivity index (χ1n) is 18.7. The summed E-state index contributed by atoms with van der Waals surface area (Å²) in [6.45, 7) is 24.3. The smallest absolute Gasteiger partial charge is 0.0737 e. The number of nitrogens with two attached hydrogens (primary N) is 1. The molecule has 4 nitrogen and oxygen atoms in total. The van der Waals surface area contributed by atoms with Crippen molar-refractivity contribution in [3.8, 4) is 0 Å². The molecule has 1 aromatic rings. The lowest BCUT2D eigenvalue weighted by molar-refractivity contribution is 0.788. The molecule has 4 heterocycles. The zero-order valence-electron chi connectivity index (χ0n) is 32.1. The first-order valence-corrected chi connectivity index (χ1v) is 18.7. The summed E-state index contributed by atoms with van der Waals surface area (Å²) in [7, 11) is 0. The molecule has 3 aliphatic heterocycles. The number of fused-ring (bicyclic) bond motifs is 5. The maximum Gasteiger partial charge on any atom is 0.0737 e. The number of H-pyrrole nitrogens is 1. The van der Waals surface area contributed by atoms with Crippen molar-refractivity contribution in [2.75, 3.05) is 0 Å². The largest absolute Gasteiger partial charge is 0.401 e. The van der Waals surface area contributed by atoms with Gasteiger partial charge in [0.2, 0.25) is 0 Å². The van der Waals surface area contributed by atoms with Crippen LogP contribution in [0.1, 0.15) is 77.6 Å². The molecule has 4 N–H and O–H groups in total. The van der Waals surface area contributed by atoms with Gasteiger partial charge in [0, 0.05) is 45.2 Å². The van der Waals surface area contributed by atoms with Crippen LogP contribution in [-0.2, 0) is 0 Å². The van der Waals surface area contributed by atoms with Crippen LogP contribution >= 0.6 is 0 Å². The molecule has 0 aromatic carbocycles. The Hall–Kier alpha value is -5.87. The molecule has 1 fully saturated rings. The Bertz CT molecular complexity index is 2040. The first-order chi connectivity index (χ1) is 25.9. The second-order valence-electron chi connectivity index (χ2n) is 12.8. The molecule has 0 amide bonds. The second kappa shape index (κ2) is 20.2. The van der Waals surface area contributed by atoms with Gasteiger partial charge < -0.3 is 16.0 Å². The second-order valence-corrected chi connectivity index (χ2v) is 12.8. The summed E-state index contributed by atoms with van der Waals surface area (Å²) < 4.78 is 0. The lowest BCUT2D eigenvalue weighted by atomic mass is 9.93. The highest BCUT2D eigenvalue weighted by atomic mass is 14.9. The number of aliphatic imine (C=N–C) groups is 1. The third-order valence-electron chi connectivity index (χ3n) is 9.30. The molecule has 0 aliphatic carbocycles. The Morgan fingerprint density at radius 2 is 1.36 bits per heavy atom. The van der Waals surface area contributed by atoms with E-state index in [0.717, 1.165) is 99.6 Å². The number of allylic oxidation sites excluding steroid dienone is 29. The lowest BCUT2D eigenvalue weighted by Crippen LogP contribution is -2.14. The van der Waals surface area contributed by atoms with Crippen LogP contribution in [0.25, 0.3) is 11.1 Å². The van der Waals surface area contributed by atoms with E-state index < -0.39 is 0 Å². The van der Waals surface area contributed by atoms with Gasteiger partial charge in [-0.15, -0.1) is 0 Å². The van der Waals surface area contributed by atoms with Crippen LogP contribution in [0.3, 0.4) is 0 Å². The summed E-state index contributed by atoms with van der Waals surface area (Å²) in [5.74, 6) is 0. The van der Waals surface area contributed by atoms with Gasteiger partial charge in [-0.25, -0.2) is 4.99 Å². The van der Waals surface area contributed by atoms with Gasteiger partial charge in [-0.3, -0.25) is 0 Å². The van der Waals surface area contributed by atoms with E-state index in [0.29, 0.717) is 6.42 Å². The number of aromatic nitrogens is 1. The summed E-state index contributed by atoms with van der Waals surface area (Å²) in [4.78, 5) is 9.18. The maximum absolute atomic E-state index is 7.12. The Kier molecular flexibility index (Phi) is 15.2. The quantitative estimate of drug-likeness (QED) is 0.179. The summed E-state index contributed by atoms with van der Waals surface area (Å²) in [5.41, 5.74) is 22.6. The summed E-state index contributed by atoms with van der Waals surface area (Å²) >= 11 is 0. The van der Waals surface area contributed by atoms with Crippen molar-refractivity contribution in [1.29, 1.82) is 0 Å². The molecule has 6 bridgehead atoms. The van der Waals surface area contributed by atoms with Crippen LogP contribution in [0.5, 0.6) is 0 Å². The Balaban J connectivity index is 2.14. The van der Waals surface area contributed by atoms with E-state index in [4.69, 9.17) is 10.7 Å². The average molecular weight is 701 g/mol. The van der Waals surface area contributed by atoms with Gasteiger partial charge >= 0.3 is 0 Å². The van der Waals surface area contributed by atoms with Crippen molar-refractivity contribution in [3.05, 3.63) is 215 Å². The molecule has 4 rings (SSSR count). The number of rotatable bonds is 13. The van der Waals surface area contributed by atoms with Gasteiger partial charge in [-0.2, -0.15) is 0 Å². The lowest BCUT2D eigenvalue weighted by Gasteiger charge is -2.17. The Labute approximate surface area is 318 Å². The van der Waals surface area contributed by atoms with E-state index in [2.05, 4.69) is 130 Å². The van der Waals surface area contributed by atoms with Crippen molar-refractivity contribution in [3.63, 3.8) is 0 Å². The molecule has 272 valence electrons. The monoisotopic (exact) mass is 700 g/mol. The number of nitrogens with zero attached hydrogens (tertiary/aromatic N) is 1. The molecule has 0 atom stereocenters. The highest BCUT2D eigenvalue weighted by Crippen LogP contribution is 2.38. The molecule has 1 saturated heterocycles. The van der Waals surface area contributed by atoms with E-state index >= 15 is 0 Å². The summed E-state index contributed by atoms with van der Waals surface area (Å²) in [6.07, 6.45) is 41.8. The van der Waals surface area contributed by atoms with Crippen LogP contribution < -0.4 is 11.1 Å². The van der Waals surface area contributed by atoms with Crippen molar-refractivity contribution in [2.24, 2.45) is 10.7 Å². The third-order valence-corrected chi connectivity index (χ3v) is 9.30. The predicted molar refractivity (Wildman–Crippen MR) is 233 cm³/mol. The minimum absolute atomic E-state index is 0.698. The van der Waals surface area contributed by atoms with Crippen LogP contribution in [0.2, 0.25) is 0 Å². The average Bonchev–Trinajstić information content (AvgIpc) is 3.95. The van der Waals surface area contributed by atoms with Crippen molar-refractivity contribution >= 4 is 16.9 Å². The molecule has 0 spiro atoms. The van der Waals surface area contributed by atoms with E-state index in [1.54, 1.807) is 6.08 Å². The van der Waals surface area contributed by atoms with Gasteiger partial charge in [-0.05, 0) is 111 Å². The summed E-state index contributed by atoms with van der Waals surface area (Å²) in [5, 5.41) is 3.93.